The molecule has 0 heterocycles. The molecule has 0 saturated heterocycles. The number of hydrogen-bond donors (Lipinski definition) is 1. The second kappa shape index (κ2) is 10.5. The van der Waals surface area contributed by atoms with Gasteiger partial charge >= 0.3 is 0 Å². The first-order valence-corrected chi connectivity index (χ1v) is 5.07. The maximum Gasteiger partial charge on any atom is 0.00891 e. The van der Waals surface area contributed by atoms with Gasteiger partial charge in [-0.15, -0.1) is 11.8 Å². The quantitative estimate of drug-likeness (QED) is 0.477. The molecule has 0 spiro atoms. The Morgan fingerprint density at radius 1 is 0.917 bits per heavy atom. The highest BCUT2D eigenvalue weighted by Crippen LogP contribution is 1.97. The zero-order valence-corrected chi connectivity index (χ0v) is 8.23. The van der Waals surface area contributed by atoms with Crippen molar-refractivity contribution in [2.24, 2.45) is 5.73 Å². The van der Waals surface area contributed by atoms with Crippen LogP contribution in [0.25, 0.3) is 0 Å². The Morgan fingerprint density at radius 2 is 1.50 bits per heavy atom. The van der Waals surface area contributed by atoms with Crippen LogP contribution in [0.1, 0.15) is 51.9 Å². The molecular weight excluding hydrogens is 146 g/mol. The number of nitrogens with two attached hydrogens (primary N) is 1. The number of hydrogen-bond acceptors (Lipinski definition) is 1. The molecule has 2 N–H and O–H groups in total. The predicted molar refractivity (Wildman–Crippen MR) is 54.8 cm³/mol. The van der Waals surface area contributed by atoms with E-state index in [1.54, 1.807) is 0 Å². The molecule has 1 heteroatoms. The predicted octanol–water partition coefficient (Wildman–Crippen LogP) is 2.70. The first-order valence-electron chi connectivity index (χ1n) is 5.07. The van der Waals surface area contributed by atoms with Crippen LogP contribution in [0, 0.1) is 11.8 Å². The van der Waals surface area contributed by atoms with E-state index in [1.165, 1.54) is 19.3 Å². The summed E-state index contributed by atoms with van der Waals surface area (Å²) in [7, 11) is 0. The van der Waals surface area contributed by atoms with Gasteiger partial charge < -0.3 is 5.73 Å². The maximum absolute atomic E-state index is 5.36. The number of unbranched alkanes of at least 4 members (excludes halogenated alkanes) is 5. The molecule has 0 aliphatic heterocycles. The van der Waals surface area contributed by atoms with Gasteiger partial charge in [0.05, 0.1) is 0 Å². The summed E-state index contributed by atoms with van der Waals surface area (Å²) < 4.78 is 0. The normalized spacial score (nSPS) is 9.17. The van der Waals surface area contributed by atoms with Gasteiger partial charge in [0.15, 0.2) is 0 Å². The van der Waals surface area contributed by atoms with E-state index in [0.29, 0.717) is 0 Å². The van der Waals surface area contributed by atoms with Crippen LogP contribution in [-0.2, 0) is 0 Å². The highest BCUT2D eigenvalue weighted by atomic mass is 14.5. The van der Waals surface area contributed by atoms with Crippen LogP contribution in [0.5, 0.6) is 0 Å². The molecule has 0 rings (SSSR count). The fourth-order valence-corrected chi connectivity index (χ4v) is 0.998. The number of rotatable bonds is 6. The first kappa shape index (κ1) is 11.5. The van der Waals surface area contributed by atoms with Gasteiger partial charge in [-0.2, -0.15) is 0 Å². The molecule has 0 aromatic rings. The van der Waals surface area contributed by atoms with Gasteiger partial charge in [0.2, 0.25) is 0 Å². The van der Waals surface area contributed by atoms with Gasteiger partial charge in [0, 0.05) is 12.8 Å². The molecule has 0 radical (unpaired) electrons. The summed E-state index contributed by atoms with van der Waals surface area (Å²) in [5.74, 6) is 6.36. The third-order valence-corrected chi connectivity index (χ3v) is 1.79. The van der Waals surface area contributed by atoms with Crippen LogP contribution < -0.4 is 5.73 Å². The summed E-state index contributed by atoms with van der Waals surface area (Å²) in [6, 6.07) is 0. The molecule has 0 aliphatic rings. The zero-order valence-electron chi connectivity index (χ0n) is 8.23. The average Bonchev–Trinajstić information content (AvgIpc) is 2.10. The largest absolute Gasteiger partial charge is 0.330 e. The molecule has 0 aromatic carbocycles. The van der Waals surface area contributed by atoms with Gasteiger partial charge in [-0.05, 0) is 25.8 Å². The highest BCUT2D eigenvalue weighted by molar-refractivity contribution is 4.98. The lowest BCUT2D eigenvalue weighted by molar-refractivity contribution is 0.735. The van der Waals surface area contributed by atoms with Crippen LogP contribution >= 0.6 is 0 Å². The highest BCUT2D eigenvalue weighted by Gasteiger charge is 1.82. The zero-order chi connectivity index (χ0) is 9.07. The van der Waals surface area contributed by atoms with Gasteiger partial charge in [-0.25, -0.2) is 0 Å². The molecule has 12 heavy (non-hydrogen) atoms. The maximum atomic E-state index is 5.36. The first-order chi connectivity index (χ1) is 5.91. The molecule has 0 unspecified atom stereocenters. The van der Waals surface area contributed by atoms with Gasteiger partial charge in [0.1, 0.15) is 0 Å². The van der Waals surface area contributed by atoms with Crippen molar-refractivity contribution < 1.29 is 0 Å². The molecule has 0 atom stereocenters. The third kappa shape index (κ3) is 9.52. The second-order valence-corrected chi connectivity index (χ2v) is 3.06. The Kier molecular flexibility index (Phi) is 10.1. The van der Waals surface area contributed by atoms with Crippen molar-refractivity contribution in [1.29, 1.82) is 0 Å². The van der Waals surface area contributed by atoms with Crippen LogP contribution in [0.15, 0.2) is 0 Å². The van der Waals surface area contributed by atoms with Crippen molar-refractivity contribution in [1.82, 2.24) is 0 Å². The Hall–Kier alpha value is -0.480. The summed E-state index contributed by atoms with van der Waals surface area (Å²) in [6.45, 7) is 3.02. The molecular formula is C11H21N. The van der Waals surface area contributed by atoms with Gasteiger partial charge in [0.25, 0.3) is 0 Å². The Bertz CT molecular complexity index is 116. The van der Waals surface area contributed by atoms with Crippen LogP contribution in [0.4, 0.5) is 0 Å². The van der Waals surface area contributed by atoms with Crippen LogP contribution in [0.3, 0.4) is 0 Å². The van der Waals surface area contributed by atoms with Crippen molar-refractivity contribution >= 4 is 0 Å². The third-order valence-electron chi connectivity index (χ3n) is 1.79. The van der Waals surface area contributed by atoms with E-state index in [-0.39, 0.29) is 0 Å². The van der Waals surface area contributed by atoms with E-state index < -0.39 is 0 Å². The fraction of sp³-hybridized carbons (Fsp3) is 0.818. The van der Waals surface area contributed by atoms with E-state index in [0.717, 1.165) is 32.2 Å². The minimum atomic E-state index is 0.803. The van der Waals surface area contributed by atoms with E-state index in [2.05, 4.69) is 18.8 Å². The molecule has 70 valence electrons. The minimum Gasteiger partial charge on any atom is -0.330 e. The Labute approximate surface area is 76.7 Å². The van der Waals surface area contributed by atoms with Crippen LogP contribution in [0.2, 0.25) is 0 Å². The molecule has 0 saturated carbocycles. The van der Waals surface area contributed by atoms with Crippen LogP contribution in [-0.4, -0.2) is 6.54 Å². The van der Waals surface area contributed by atoms with E-state index >= 15 is 0 Å². The lowest BCUT2D eigenvalue weighted by atomic mass is 10.2. The van der Waals surface area contributed by atoms with Crippen molar-refractivity contribution in [3.05, 3.63) is 0 Å². The van der Waals surface area contributed by atoms with Crippen molar-refractivity contribution in [2.75, 3.05) is 6.54 Å². The second-order valence-electron chi connectivity index (χ2n) is 3.06. The molecule has 0 aromatic heterocycles. The monoisotopic (exact) mass is 167 g/mol. The van der Waals surface area contributed by atoms with E-state index in [4.69, 9.17) is 5.73 Å². The Balaban J connectivity index is 3.01. The molecule has 1 nitrogen and oxygen atoms in total. The smallest absolute Gasteiger partial charge is 0.00891 e. The summed E-state index contributed by atoms with van der Waals surface area (Å²) in [4.78, 5) is 0. The summed E-state index contributed by atoms with van der Waals surface area (Å²) in [6.07, 6.45) is 8.26. The van der Waals surface area contributed by atoms with Gasteiger partial charge in [-0.1, -0.05) is 19.8 Å². The summed E-state index contributed by atoms with van der Waals surface area (Å²) in [5.41, 5.74) is 5.36. The van der Waals surface area contributed by atoms with Crippen molar-refractivity contribution in [3.63, 3.8) is 0 Å². The summed E-state index contributed by atoms with van der Waals surface area (Å²) in [5, 5.41) is 0. The lowest BCUT2D eigenvalue weighted by Crippen LogP contribution is -1.96. The van der Waals surface area contributed by atoms with E-state index in [9.17, 15) is 0 Å². The lowest BCUT2D eigenvalue weighted by Gasteiger charge is -1.90. The molecule has 0 amide bonds. The van der Waals surface area contributed by atoms with E-state index in [1.807, 2.05) is 0 Å². The molecule has 0 bridgehead atoms. The standard InChI is InChI=1S/C11H21N/c1-2-3-4-5-6-7-8-9-10-11-12/h2-5,8-12H2,1H3. The minimum absolute atomic E-state index is 0.803. The SMILES string of the molecule is CCCCCC#CCCCCN. The topological polar surface area (TPSA) is 26.0 Å². The average molecular weight is 167 g/mol. The van der Waals surface area contributed by atoms with Crippen molar-refractivity contribution in [2.45, 2.75) is 51.9 Å². The fourth-order valence-electron chi connectivity index (χ4n) is 0.998. The summed E-state index contributed by atoms with van der Waals surface area (Å²) >= 11 is 0. The molecule has 0 fully saturated rings. The Morgan fingerprint density at radius 3 is 2.00 bits per heavy atom. The molecule has 0 aliphatic carbocycles. The van der Waals surface area contributed by atoms with Gasteiger partial charge in [-0.3, -0.25) is 0 Å². The van der Waals surface area contributed by atoms with Crippen molar-refractivity contribution in [3.8, 4) is 11.8 Å².